The SMILES string of the molecule is CC1(C)c2cc3[nH]c4ccccc4c3cc2C2C=CC=CC21. The van der Waals surface area contributed by atoms with E-state index in [1.54, 1.807) is 0 Å². The summed E-state index contributed by atoms with van der Waals surface area (Å²) in [5.41, 5.74) is 5.69. The summed E-state index contributed by atoms with van der Waals surface area (Å²) >= 11 is 0. The molecule has 1 heterocycles. The Kier molecular flexibility index (Phi) is 2.19. The van der Waals surface area contributed by atoms with E-state index in [9.17, 15) is 0 Å². The van der Waals surface area contributed by atoms with Crippen molar-refractivity contribution in [1.82, 2.24) is 4.98 Å². The molecular formula is C21H19N. The maximum absolute atomic E-state index is 3.59. The van der Waals surface area contributed by atoms with Crippen LogP contribution in [-0.4, -0.2) is 4.98 Å². The molecule has 2 atom stereocenters. The zero-order chi connectivity index (χ0) is 14.9. The van der Waals surface area contributed by atoms with Crippen LogP contribution in [0.1, 0.15) is 30.9 Å². The van der Waals surface area contributed by atoms with Gasteiger partial charge in [-0.25, -0.2) is 0 Å². The third-order valence-corrected chi connectivity index (χ3v) is 5.70. The first kappa shape index (κ1) is 12.3. The van der Waals surface area contributed by atoms with Gasteiger partial charge in [0.05, 0.1) is 0 Å². The molecule has 0 spiro atoms. The average Bonchev–Trinajstić information content (AvgIpc) is 3.00. The molecule has 5 rings (SSSR count). The van der Waals surface area contributed by atoms with Crippen molar-refractivity contribution in [2.45, 2.75) is 25.2 Å². The number of H-pyrrole nitrogens is 1. The summed E-state index contributed by atoms with van der Waals surface area (Å²) in [5.74, 6) is 1.10. The first-order valence-corrected chi connectivity index (χ1v) is 8.06. The molecule has 1 nitrogen and oxygen atoms in total. The summed E-state index contributed by atoms with van der Waals surface area (Å²) < 4.78 is 0. The molecule has 0 saturated heterocycles. The molecule has 108 valence electrons. The summed E-state index contributed by atoms with van der Waals surface area (Å²) in [6, 6.07) is 13.4. The lowest BCUT2D eigenvalue weighted by Gasteiger charge is -2.29. The van der Waals surface area contributed by atoms with Crippen molar-refractivity contribution in [2.75, 3.05) is 0 Å². The Labute approximate surface area is 130 Å². The smallest absolute Gasteiger partial charge is 0.0468 e. The molecule has 0 radical (unpaired) electrons. The highest BCUT2D eigenvalue weighted by Gasteiger charge is 2.44. The number of nitrogens with one attached hydrogen (secondary N) is 1. The van der Waals surface area contributed by atoms with Crippen molar-refractivity contribution < 1.29 is 0 Å². The van der Waals surface area contributed by atoms with Gasteiger partial charge in [-0.2, -0.15) is 0 Å². The number of hydrogen-bond donors (Lipinski definition) is 1. The Hall–Kier alpha value is -2.28. The van der Waals surface area contributed by atoms with Gasteiger partial charge in [-0.05, 0) is 40.7 Å². The summed E-state index contributed by atoms with van der Waals surface area (Å²) in [7, 11) is 0. The van der Waals surface area contributed by atoms with Gasteiger partial charge in [0, 0.05) is 27.7 Å². The van der Waals surface area contributed by atoms with Gasteiger partial charge in [0.1, 0.15) is 0 Å². The van der Waals surface area contributed by atoms with E-state index in [4.69, 9.17) is 0 Å². The fourth-order valence-corrected chi connectivity index (χ4v) is 4.52. The van der Waals surface area contributed by atoms with Crippen LogP contribution >= 0.6 is 0 Å². The van der Waals surface area contributed by atoms with Crippen molar-refractivity contribution >= 4 is 21.8 Å². The van der Waals surface area contributed by atoms with Crippen LogP contribution < -0.4 is 0 Å². The summed E-state index contributed by atoms with van der Waals surface area (Å²) in [6.07, 6.45) is 9.16. The third kappa shape index (κ3) is 1.39. The van der Waals surface area contributed by atoms with Crippen molar-refractivity contribution in [3.8, 4) is 0 Å². The Morgan fingerprint density at radius 3 is 2.64 bits per heavy atom. The molecule has 1 aromatic heterocycles. The second-order valence-electron chi connectivity index (χ2n) is 7.20. The molecule has 0 aliphatic heterocycles. The van der Waals surface area contributed by atoms with Crippen molar-refractivity contribution in [2.24, 2.45) is 5.92 Å². The van der Waals surface area contributed by atoms with Gasteiger partial charge in [-0.15, -0.1) is 0 Å². The lowest BCUT2D eigenvalue weighted by atomic mass is 9.74. The molecule has 2 aliphatic rings. The van der Waals surface area contributed by atoms with E-state index in [0.717, 1.165) is 0 Å². The number of fused-ring (bicyclic) bond motifs is 6. The van der Waals surface area contributed by atoms with Crippen LogP contribution in [0.15, 0.2) is 60.7 Å². The molecule has 0 amide bonds. The van der Waals surface area contributed by atoms with E-state index in [1.165, 1.54) is 32.9 Å². The quantitative estimate of drug-likeness (QED) is 0.566. The minimum atomic E-state index is 0.187. The molecule has 0 bridgehead atoms. The molecule has 3 aromatic rings. The fraction of sp³-hybridized carbons (Fsp3) is 0.238. The van der Waals surface area contributed by atoms with Crippen LogP contribution in [0.4, 0.5) is 0 Å². The molecular weight excluding hydrogens is 266 g/mol. The van der Waals surface area contributed by atoms with Gasteiger partial charge in [-0.1, -0.05) is 56.4 Å². The van der Waals surface area contributed by atoms with Crippen LogP contribution in [0.5, 0.6) is 0 Å². The highest BCUT2D eigenvalue weighted by atomic mass is 14.7. The minimum Gasteiger partial charge on any atom is -0.355 e. The molecule has 2 aromatic carbocycles. The Balaban J connectivity index is 1.87. The molecule has 1 heteroatoms. The number of aromatic nitrogens is 1. The van der Waals surface area contributed by atoms with Gasteiger partial charge in [0.15, 0.2) is 0 Å². The first-order chi connectivity index (χ1) is 10.7. The summed E-state index contributed by atoms with van der Waals surface area (Å²) in [6.45, 7) is 4.77. The van der Waals surface area contributed by atoms with Gasteiger partial charge in [0.2, 0.25) is 0 Å². The van der Waals surface area contributed by atoms with E-state index < -0.39 is 0 Å². The second kappa shape index (κ2) is 3.92. The van der Waals surface area contributed by atoms with E-state index in [0.29, 0.717) is 11.8 Å². The van der Waals surface area contributed by atoms with Gasteiger partial charge >= 0.3 is 0 Å². The van der Waals surface area contributed by atoms with Crippen LogP contribution in [0.25, 0.3) is 21.8 Å². The zero-order valence-electron chi connectivity index (χ0n) is 12.9. The number of hydrogen-bond acceptors (Lipinski definition) is 0. The lowest BCUT2D eigenvalue weighted by Crippen LogP contribution is -2.24. The predicted molar refractivity (Wildman–Crippen MR) is 93.3 cm³/mol. The summed E-state index contributed by atoms with van der Waals surface area (Å²) in [5, 5.41) is 2.69. The first-order valence-electron chi connectivity index (χ1n) is 8.06. The number of benzene rings is 2. The third-order valence-electron chi connectivity index (χ3n) is 5.70. The van der Waals surface area contributed by atoms with E-state index in [2.05, 4.69) is 79.5 Å². The summed E-state index contributed by atoms with van der Waals surface area (Å²) in [4.78, 5) is 3.59. The normalized spacial score (nSPS) is 24.8. The van der Waals surface area contributed by atoms with Crippen LogP contribution in [0, 0.1) is 5.92 Å². The van der Waals surface area contributed by atoms with Gasteiger partial charge in [0.25, 0.3) is 0 Å². The maximum atomic E-state index is 3.59. The van der Waals surface area contributed by atoms with Crippen molar-refractivity contribution in [3.05, 3.63) is 71.8 Å². The molecule has 2 unspecified atom stereocenters. The Morgan fingerprint density at radius 2 is 1.73 bits per heavy atom. The molecule has 2 aliphatic carbocycles. The van der Waals surface area contributed by atoms with E-state index in [1.807, 2.05) is 0 Å². The Bertz CT molecular complexity index is 968. The van der Waals surface area contributed by atoms with E-state index >= 15 is 0 Å². The fourth-order valence-electron chi connectivity index (χ4n) is 4.52. The molecule has 0 saturated carbocycles. The predicted octanol–water partition coefficient (Wildman–Crippen LogP) is 5.44. The number of aromatic amines is 1. The lowest BCUT2D eigenvalue weighted by molar-refractivity contribution is 0.394. The number of allylic oxidation sites excluding steroid dienone is 4. The van der Waals surface area contributed by atoms with Crippen LogP contribution in [0.2, 0.25) is 0 Å². The number of para-hydroxylation sites is 1. The number of rotatable bonds is 0. The monoisotopic (exact) mass is 285 g/mol. The maximum Gasteiger partial charge on any atom is 0.0468 e. The standard InChI is InChI=1S/C21H19N/c1-21(2)17-9-5-3-7-13(17)15-11-16-14-8-4-6-10-19(14)22-20(16)12-18(15)21/h3-13,17,22H,1-2H3. The highest BCUT2D eigenvalue weighted by Crippen LogP contribution is 2.53. The van der Waals surface area contributed by atoms with Crippen molar-refractivity contribution in [3.63, 3.8) is 0 Å². The van der Waals surface area contributed by atoms with Gasteiger partial charge in [-0.3, -0.25) is 0 Å². The molecule has 0 fully saturated rings. The topological polar surface area (TPSA) is 15.8 Å². The average molecular weight is 285 g/mol. The van der Waals surface area contributed by atoms with Crippen LogP contribution in [0.3, 0.4) is 0 Å². The highest BCUT2D eigenvalue weighted by molar-refractivity contribution is 6.07. The molecule has 1 N–H and O–H groups in total. The zero-order valence-corrected chi connectivity index (χ0v) is 12.9. The van der Waals surface area contributed by atoms with Crippen LogP contribution in [-0.2, 0) is 5.41 Å². The second-order valence-corrected chi connectivity index (χ2v) is 7.20. The Morgan fingerprint density at radius 1 is 0.909 bits per heavy atom. The molecule has 22 heavy (non-hydrogen) atoms. The van der Waals surface area contributed by atoms with Gasteiger partial charge < -0.3 is 4.98 Å². The van der Waals surface area contributed by atoms with Crippen molar-refractivity contribution in [1.29, 1.82) is 0 Å². The van der Waals surface area contributed by atoms with E-state index in [-0.39, 0.29) is 5.41 Å². The largest absolute Gasteiger partial charge is 0.355 e. The minimum absolute atomic E-state index is 0.187.